The number of para-hydroxylation sites is 1. The molecule has 15 heteroatoms. The first-order chi connectivity index (χ1) is 33.8. The number of rotatable bonds is 21. The van der Waals surface area contributed by atoms with Gasteiger partial charge in [-0.05, 0) is 120 Å². The Morgan fingerprint density at radius 1 is 0.930 bits per heavy atom. The number of aliphatic hydroxyl groups is 2. The first-order valence-corrected chi connectivity index (χ1v) is 25.2. The van der Waals surface area contributed by atoms with E-state index in [1.54, 1.807) is 25.1 Å². The third-order valence-electron chi connectivity index (χ3n) is 15.2. The Morgan fingerprint density at radius 2 is 1.56 bits per heavy atom. The summed E-state index contributed by atoms with van der Waals surface area (Å²) in [6, 6.07) is 29.3. The lowest BCUT2D eigenvalue weighted by molar-refractivity contribution is -0.384. The molecule has 2 amide bonds. The number of hydrogen-bond donors (Lipinski definition) is 5. The van der Waals surface area contributed by atoms with Gasteiger partial charge in [-0.25, -0.2) is 0 Å². The smallest absolute Gasteiger partial charge is 0.270 e. The summed E-state index contributed by atoms with van der Waals surface area (Å²) in [6.07, 6.45) is 3.83. The van der Waals surface area contributed by atoms with Gasteiger partial charge in [0.2, 0.25) is 5.91 Å². The summed E-state index contributed by atoms with van der Waals surface area (Å²) in [4.78, 5) is 50.1. The summed E-state index contributed by atoms with van der Waals surface area (Å²) in [6.45, 7) is 9.61. The van der Waals surface area contributed by atoms with E-state index >= 15 is 0 Å². The number of hydrogen-bond acceptors (Lipinski definition) is 12. The van der Waals surface area contributed by atoms with E-state index in [0.29, 0.717) is 47.2 Å². The first kappa shape index (κ1) is 55.1. The number of nitro groups is 1. The minimum atomic E-state index is -0.961. The van der Waals surface area contributed by atoms with Gasteiger partial charge in [0.1, 0.15) is 17.9 Å². The fourth-order valence-corrected chi connectivity index (χ4v) is 11.3. The fourth-order valence-electron chi connectivity index (χ4n) is 11.3. The number of methoxy groups -OCH3 is 1. The maximum absolute atomic E-state index is 14.3. The second kappa shape index (κ2) is 24.9. The number of nitrogens with zero attached hydrogens (tertiary/aromatic N) is 4. The number of nitrogens with two attached hydrogens (primary N) is 1. The highest BCUT2D eigenvalue weighted by Crippen LogP contribution is 2.61. The van der Waals surface area contributed by atoms with E-state index < -0.39 is 41.6 Å². The molecule has 1 heterocycles. The fraction of sp³-hybridized carbons (Fsp3) is 0.536. The number of aryl methyl sites for hydroxylation is 2. The topological polar surface area (TPSA) is 196 Å². The number of aliphatic hydroxyl groups excluding tert-OH is 2. The van der Waals surface area contributed by atoms with Gasteiger partial charge < -0.3 is 41.1 Å². The summed E-state index contributed by atoms with van der Waals surface area (Å²) in [5.41, 5.74) is 10.2. The van der Waals surface area contributed by atoms with E-state index in [0.717, 1.165) is 37.8 Å². The molecule has 4 aromatic carbocycles. The second-order valence-corrected chi connectivity index (χ2v) is 21.3. The van der Waals surface area contributed by atoms with Crippen LogP contribution < -0.4 is 21.1 Å². The van der Waals surface area contributed by atoms with Crippen LogP contribution in [0.4, 0.5) is 5.69 Å². The minimum Gasteiger partial charge on any atom is -0.496 e. The molecule has 386 valence electrons. The lowest BCUT2D eigenvalue weighted by atomic mass is 9.45. The number of benzene rings is 4. The Morgan fingerprint density at radius 3 is 2.11 bits per heavy atom. The number of carbonyl (C=O) groups is 2. The summed E-state index contributed by atoms with van der Waals surface area (Å²) >= 11 is 0. The van der Waals surface area contributed by atoms with Crippen molar-refractivity contribution >= 4 is 17.5 Å². The zero-order chi connectivity index (χ0) is 51.6. The van der Waals surface area contributed by atoms with E-state index in [1.165, 1.54) is 36.3 Å². The molecular weight excluding hydrogens is 899 g/mol. The number of carbonyl (C=O) groups excluding carboxylic acids is 2. The normalized spacial score (nSPS) is 23.7. The zero-order valence-electron chi connectivity index (χ0n) is 43.3. The Labute approximate surface area is 421 Å². The number of likely N-dealkylation sites (N-methyl/N-ethyl adjacent to an activating group) is 2. The number of hydroxylamine groups is 2. The van der Waals surface area contributed by atoms with E-state index in [4.69, 9.17) is 15.3 Å². The van der Waals surface area contributed by atoms with Crippen LogP contribution in [0.3, 0.4) is 0 Å². The molecule has 15 nitrogen and oxygen atoms in total. The van der Waals surface area contributed by atoms with Crippen LogP contribution in [0, 0.1) is 39.2 Å². The van der Waals surface area contributed by atoms with Crippen LogP contribution in [0.1, 0.15) is 80.4 Å². The van der Waals surface area contributed by atoms with Crippen molar-refractivity contribution in [1.82, 2.24) is 25.5 Å². The van der Waals surface area contributed by atoms with Crippen molar-refractivity contribution in [3.05, 3.63) is 129 Å². The molecule has 0 radical (unpaired) electrons. The number of non-ortho nitro benzene ring substituents is 1. The third-order valence-corrected chi connectivity index (χ3v) is 15.2. The van der Waals surface area contributed by atoms with Gasteiger partial charge in [0, 0.05) is 66.0 Å². The Bertz CT molecular complexity index is 2370. The largest absolute Gasteiger partial charge is 0.496 e. The molecular formula is C56H79N7O8. The molecule has 3 saturated carbocycles. The molecule has 0 aromatic heterocycles. The van der Waals surface area contributed by atoms with Crippen molar-refractivity contribution < 1.29 is 34.3 Å². The Balaban J connectivity index is 0.000000507. The number of nitrogens with one attached hydrogen (secondary N) is 2. The van der Waals surface area contributed by atoms with Gasteiger partial charge in [-0.2, -0.15) is 5.06 Å². The van der Waals surface area contributed by atoms with Gasteiger partial charge in [-0.15, -0.1) is 0 Å². The Hall–Kier alpha value is -5.26. The maximum atomic E-state index is 14.3. The van der Waals surface area contributed by atoms with E-state index in [2.05, 4.69) is 74.7 Å². The molecule has 71 heavy (non-hydrogen) atoms. The summed E-state index contributed by atoms with van der Waals surface area (Å²) < 4.78 is 5.96. The average Bonchev–Trinajstić information content (AvgIpc) is 3.72. The number of nitro benzene ring substituents is 1. The van der Waals surface area contributed by atoms with E-state index in [-0.39, 0.29) is 53.2 Å². The summed E-state index contributed by atoms with van der Waals surface area (Å²) in [7, 11) is 9.48. The highest BCUT2D eigenvalue weighted by Gasteiger charge is 2.57. The van der Waals surface area contributed by atoms with Crippen molar-refractivity contribution in [2.24, 2.45) is 34.8 Å². The van der Waals surface area contributed by atoms with Crippen LogP contribution >= 0.6 is 0 Å². The van der Waals surface area contributed by atoms with Crippen LogP contribution in [0.25, 0.3) is 11.1 Å². The van der Waals surface area contributed by atoms with E-state index in [9.17, 15) is 29.9 Å². The highest BCUT2D eigenvalue weighted by atomic mass is 16.7. The summed E-state index contributed by atoms with van der Waals surface area (Å²) in [5.74, 6) is 0.303. The quantitative estimate of drug-likeness (QED) is 0.0437. The van der Waals surface area contributed by atoms with Crippen molar-refractivity contribution in [3.8, 4) is 16.9 Å². The van der Waals surface area contributed by atoms with Crippen molar-refractivity contribution in [2.45, 2.75) is 109 Å². The molecule has 0 spiro atoms. The molecule has 0 unspecified atom stereocenters. The van der Waals surface area contributed by atoms with Gasteiger partial charge >= 0.3 is 0 Å². The minimum absolute atomic E-state index is 0.0147. The van der Waals surface area contributed by atoms with Crippen LogP contribution in [-0.2, 0) is 29.0 Å². The zero-order valence-corrected chi connectivity index (χ0v) is 43.3. The molecule has 1 aliphatic heterocycles. The molecule has 3 aliphatic carbocycles. The molecule has 8 rings (SSSR count). The molecule has 10 atom stereocenters. The van der Waals surface area contributed by atoms with Crippen molar-refractivity contribution in [1.29, 1.82) is 0 Å². The predicted octanol–water partition coefficient (Wildman–Crippen LogP) is 6.73. The number of amides is 2. The standard InChI is InChI=1S/C44H59N5O8.C12H20N2/c1-26-36-21-32(44(36,3)4)22-37(26)46-43(53)40-39(27(2)51)38(25-50)57-48(40)23-29-14-11-15-35(41(29)56-7)30-18-31(20-34(19-30)49(54)55)42(52)45-33(24-47(5)6)17-16-28-12-9-8-10-13-28;1-14(2)10-12(13)9-8-11-6-4-3-5-7-11/h8-15,18-20,26-27,32-33,36-40,50-51H,16-17,21-25H2,1-7H3,(H,45,52)(H,46,53);3-7,12H,8-10,13H2,1-2H3/t26-,27-,32+,33-,36-,37-,38-,39+,40-;12-/m00/s1. The molecule has 4 aromatic rings. The average molecular weight is 978 g/mol. The van der Waals surface area contributed by atoms with Crippen LogP contribution in [0.15, 0.2) is 97.1 Å². The predicted molar refractivity (Wildman–Crippen MR) is 278 cm³/mol. The molecule has 1 saturated heterocycles. The SMILES string of the molecule is CN(C)C[C@@H](N)CCc1ccccc1.COc1c(CN2O[C@@H](CO)[C@@H]([C@H](C)O)[C@H]2C(=O)N[C@H]2C[C@H]3C[C@@H]([C@@H]2C)C3(C)C)cccc1-c1cc(C(=O)N[C@@H](CCc2ccccc2)CN(C)C)cc([N+](=O)[O-])c1. The Kier molecular flexibility index (Phi) is 19.3. The summed E-state index contributed by atoms with van der Waals surface area (Å²) in [5, 5.41) is 41.4. The van der Waals surface area contributed by atoms with Crippen LogP contribution in [-0.4, -0.2) is 133 Å². The van der Waals surface area contributed by atoms with Gasteiger partial charge in [0.05, 0.1) is 31.3 Å². The lowest BCUT2D eigenvalue weighted by Gasteiger charge is -2.62. The van der Waals surface area contributed by atoms with Gasteiger partial charge in [0.25, 0.3) is 11.6 Å². The monoisotopic (exact) mass is 978 g/mol. The highest BCUT2D eigenvalue weighted by molar-refractivity contribution is 5.97. The second-order valence-electron chi connectivity index (χ2n) is 21.3. The maximum Gasteiger partial charge on any atom is 0.270 e. The third kappa shape index (κ3) is 14.0. The van der Waals surface area contributed by atoms with Crippen LogP contribution in [0.2, 0.25) is 0 Å². The van der Waals surface area contributed by atoms with Gasteiger partial charge in [0.15, 0.2) is 0 Å². The van der Waals surface area contributed by atoms with Crippen molar-refractivity contribution in [3.63, 3.8) is 0 Å². The molecule has 4 fully saturated rings. The van der Waals surface area contributed by atoms with E-state index in [1.807, 2.05) is 61.5 Å². The van der Waals surface area contributed by atoms with Gasteiger partial charge in [-0.3, -0.25) is 24.5 Å². The molecule has 4 aliphatic rings. The first-order valence-electron chi connectivity index (χ1n) is 25.2. The molecule has 6 N–H and O–H groups in total. The van der Waals surface area contributed by atoms with Crippen LogP contribution in [0.5, 0.6) is 5.75 Å². The molecule has 2 bridgehead atoms. The number of ether oxygens (including phenoxy) is 1. The lowest BCUT2D eigenvalue weighted by Crippen LogP contribution is -2.62. The number of fused-ring (bicyclic) bond motifs is 2. The van der Waals surface area contributed by atoms with Gasteiger partial charge in [-0.1, -0.05) is 99.6 Å². The van der Waals surface area contributed by atoms with Crippen molar-refractivity contribution in [2.75, 3.05) is 55.0 Å².